The van der Waals surface area contributed by atoms with E-state index in [9.17, 15) is 14.4 Å². The van der Waals surface area contributed by atoms with E-state index in [1.807, 2.05) is 6.92 Å². The highest BCUT2D eigenvalue weighted by molar-refractivity contribution is 6.06. The minimum atomic E-state index is -0.715. The Balaban J connectivity index is 1.63. The predicted molar refractivity (Wildman–Crippen MR) is 114 cm³/mol. The topological polar surface area (TPSA) is 88.8 Å². The Labute approximate surface area is 172 Å². The summed E-state index contributed by atoms with van der Waals surface area (Å²) in [6.07, 6.45) is -0.657. The van der Waals surface area contributed by atoms with Crippen LogP contribution in [0.25, 0.3) is 11.0 Å². The van der Waals surface area contributed by atoms with Crippen LogP contribution in [-0.4, -0.2) is 24.5 Å². The summed E-state index contributed by atoms with van der Waals surface area (Å²) in [6, 6.07) is 13.4. The molecule has 2 aromatic carbocycles. The van der Waals surface area contributed by atoms with Crippen LogP contribution in [0.5, 0.6) is 5.75 Å². The average Bonchev–Trinajstić information content (AvgIpc) is 2.70. The van der Waals surface area contributed by atoms with Crippen molar-refractivity contribution in [2.45, 2.75) is 20.0 Å². The van der Waals surface area contributed by atoms with Crippen molar-refractivity contribution in [2.75, 3.05) is 16.8 Å². The summed E-state index contributed by atoms with van der Waals surface area (Å²) in [4.78, 5) is 39.0. The SMILES string of the molecule is C=C(C)CN1C(=O)C(C)Oc2cc(NC(=O)c3cc4ccccc4oc3=O)ccc21. The van der Waals surface area contributed by atoms with Crippen molar-refractivity contribution in [1.29, 1.82) is 0 Å². The van der Waals surface area contributed by atoms with Gasteiger partial charge in [0.1, 0.15) is 16.9 Å². The first-order valence-electron chi connectivity index (χ1n) is 9.44. The maximum Gasteiger partial charge on any atom is 0.349 e. The van der Waals surface area contributed by atoms with Crippen molar-refractivity contribution in [3.05, 3.63) is 76.7 Å². The first-order chi connectivity index (χ1) is 14.3. The molecule has 0 saturated carbocycles. The zero-order valence-electron chi connectivity index (χ0n) is 16.6. The Morgan fingerprint density at radius 3 is 2.70 bits per heavy atom. The van der Waals surface area contributed by atoms with Crippen LogP contribution in [0.15, 0.2) is 69.9 Å². The van der Waals surface area contributed by atoms with Gasteiger partial charge in [0.05, 0.1) is 5.69 Å². The molecule has 1 aliphatic heterocycles. The van der Waals surface area contributed by atoms with Crippen LogP contribution in [-0.2, 0) is 4.79 Å². The molecule has 2 heterocycles. The molecule has 1 atom stereocenters. The molecule has 4 rings (SSSR count). The number of nitrogens with one attached hydrogen (secondary N) is 1. The van der Waals surface area contributed by atoms with E-state index in [0.29, 0.717) is 34.6 Å². The molecule has 1 unspecified atom stereocenters. The van der Waals surface area contributed by atoms with Crippen molar-refractivity contribution >= 4 is 34.2 Å². The molecule has 1 aromatic heterocycles. The summed E-state index contributed by atoms with van der Waals surface area (Å²) in [5.41, 5.74) is 1.47. The molecule has 1 N–H and O–H groups in total. The third kappa shape index (κ3) is 3.57. The molecule has 152 valence electrons. The van der Waals surface area contributed by atoms with Crippen LogP contribution in [0, 0.1) is 0 Å². The van der Waals surface area contributed by atoms with E-state index >= 15 is 0 Å². The highest BCUT2D eigenvalue weighted by atomic mass is 16.5. The molecule has 0 aliphatic carbocycles. The minimum absolute atomic E-state index is 0.0974. The molecule has 3 aromatic rings. The fourth-order valence-corrected chi connectivity index (χ4v) is 3.34. The van der Waals surface area contributed by atoms with E-state index in [1.54, 1.807) is 54.3 Å². The molecule has 0 bridgehead atoms. The number of carbonyl (C=O) groups is 2. The molecular weight excluding hydrogens is 384 g/mol. The van der Waals surface area contributed by atoms with E-state index in [4.69, 9.17) is 9.15 Å². The number of ether oxygens (including phenoxy) is 1. The number of anilines is 2. The molecule has 1 aliphatic rings. The molecule has 0 fully saturated rings. The van der Waals surface area contributed by atoms with Gasteiger partial charge in [0, 0.05) is 23.7 Å². The maximum absolute atomic E-state index is 12.7. The van der Waals surface area contributed by atoms with Gasteiger partial charge in [-0.2, -0.15) is 0 Å². The minimum Gasteiger partial charge on any atom is -0.479 e. The molecule has 0 radical (unpaired) electrons. The predicted octanol–water partition coefficient (Wildman–Crippen LogP) is 3.74. The van der Waals surface area contributed by atoms with Crippen molar-refractivity contribution in [3.63, 3.8) is 0 Å². The van der Waals surface area contributed by atoms with E-state index in [-0.39, 0.29) is 11.5 Å². The van der Waals surface area contributed by atoms with Crippen LogP contribution in [0.4, 0.5) is 11.4 Å². The fraction of sp³-hybridized carbons (Fsp3) is 0.174. The Morgan fingerprint density at radius 2 is 1.93 bits per heavy atom. The van der Waals surface area contributed by atoms with Gasteiger partial charge >= 0.3 is 5.63 Å². The lowest BCUT2D eigenvalue weighted by atomic mass is 10.1. The van der Waals surface area contributed by atoms with Crippen LogP contribution < -0.4 is 20.6 Å². The van der Waals surface area contributed by atoms with Gasteiger partial charge in [0.2, 0.25) is 0 Å². The number of benzene rings is 2. The van der Waals surface area contributed by atoms with Gasteiger partial charge in [-0.15, -0.1) is 0 Å². The van der Waals surface area contributed by atoms with Crippen molar-refractivity contribution in [2.24, 2.45) is 0 Å². The Morgan fingerprint density at radius 1 is 1.17 bits per heavy atom. The van der Waals surface area contributed by atoms with Gasteiger partial charge in [-0.25, -0.2) is 4.79 Å². The van der Waals surface area contributed by atoms with Gasteiger partial charge in [0.25, 0.3) is 11.8 Å². The van der Waals surface area contributed by atoms with Gasteiger partial charge in [-0.05, 0) is 38.1 Å². The molecule has 0 saturated heterocycles. The zero-order valence-corrected chi connectivity index (χ0v) is 16.6. The lowest BCUT2D eigenvalue weighted by Crippen LogP contribution is -2.45. The Hall–Kier alpha value is -3.87. The van der Waals surface area contributed by atoms with E-state index < -0.39 is 17.6 Å². The summed E-state index contributed by atoms with van der Waals surface area (Å²) in [5, 5.41) is 3.35. The number of hydrogen-bond donors (Lipinski definition) is 1. The Bertz CT molecular complexity index is 1240. The quantitative estimate of drug-likeness (QED) is 0.529. The van der Waals surface area contributed by atoms with Gasteiger partial charge in [-0.1, -0.05) is 30.4 Å². The second kappa shape index (κ2) is 7.51. The fourth-order valence-electron chi connectivity index (χ4n) is 3.34. The van der Waals surface area contributed by atoms with Crippen LogP contribution in [0.2, 0.25) is 0 Å². The number of nitrogens with zero attached hydrogens (tertiary/aromatic N) is 1. The van der Waals surface area contributed by atoms with Crippen LogP contribution in [0.1, 0.15) is 24.2 Å². The summed E-state index contributed by atoms with van der Waals surface area (Å²) in [6.45, 7) is 7.76. The van der Waals surface area contributed by atoms with E-state index in [2.05, 4.69) is 11.9 Å². The number of amides is 2. The second-order valence-electron chi connectivity index (χ2n) is 7.26. The molecular formula is C23H20N2O5. The monoisotopic (exact) mass is 404 g/mol. The normalized spacial score (nSPS) is 15.5. The van der Waals surface area contributed by atoms with Gasteiger partial charge in [-0.3, -0.25) is 9.59 Å². The molecule has 0 spiro atoms. The molecule has 7 nitrogen and oxygen atoms in total. The summed E-state index contributed by atoms with van der Waals surface area (Å²) in [5.74, 6) is -0.282. The molecule has 7 heteroatoms. The highest BCUT2D eigenvalue weighted by Crippen LogP contribution is 2.36. The molecule has 30 heavy (non-hydrogen) atoms. The third-order valence-electron chi connectivity index (χ3n) is 4.74. The van der Waals surface area contributed by atoms with E-state index in [1.165, 1.54) is 6.07 Å². The maximum atomic E-state index is 12.7. The largest absolute Gasteiger partial charge is 0.479 e. The van der Waals surface area contributed by atoms with Crippen molar-refractivity contribution in [1.82, 2.24) is 0 Å². The number of hydrogen-bond acceptors (Lipinski definition) is 5. The number of rotatable bonds is 4. The van der Waals surface area contributed by atoms with Crippen molar-refractivity contribution in [3.8, 4) is 5.75 Å². The van der Waals surface area contributed by atoms with Gasteiger partial charge in [0.15, 0.2) is 6.10 Å². The Kier molecular flexibility index (Phi) is 4.87. The molecule has 2 amide bonds. The third-order valence-corrected chi connectivity index (χ3v) is 4.74. The van der Waals surface area contributed by atoms with Crippen LogP contribution in [0.3, 0.4) is 0 Å². The standard InChI is InChI=1S/C23H20N2O5/c1-13(2)12-25-18-9-8-16(11-20(18)29-14(3)22(25)27)24-21(26)17-10-15-6-4-5-7-19(15)30-23(17)28/h4-11,14H,1,12H2,2-3H3,(H,24,26). The highest BCUT2D eigenvalue weighted by Gasteiger charge is 2.31. The summed E-state index contributed by atoms with van der Waals surface area (Å²) >= 11 is 0. The number of carbonyl (C=O) groups excluding carboxylic acids is 2. The second-order valence-corrected chi connectivity index (χ2v) is 7.26. The number of fused-ring (bicyclic) bond motifs is 2. The van der Waals surface area contributed by atoms with Crippen molar-refractivity contribution < 1.29 is 18.7 Å². The smallest absolute Gasteiger partial charge is 0.349 e. The first kappa shape index (κ1) is 19.4. The van der Waals surface area contributed by atoms with E-state index in [0.717, 1.165) is 5.57 Å². The van der Waals surface area contributed by atoms with Crippen LogP contribution >= 0.6 is 0 Å². The number of para-hydroxylation sites is 1. The average molecular weight is 404 g/mol. The summed E-state index contributed by atoms with van der Waals surface area (Å²) < 4.78 is 10.9. The summed E-state index contributed by atoms with van der Waals surface area (Å²) in [7, 11) is 0. The lowest BCUT2D eigenvalue weighted by Gasteiger charge is -2.33. The van der Waals surface area contributed by atoms with Gasteiger partial charge < -0.3 is 19.4 Å². The lowest BCUT2D eigenvalue weighted by molar-refractivity contribution is -0.125. The zero-order chi connectivity index (χ0) is 21.4. The first-order valence-corrected chi connectivity index (χ1v) is 9.44.